The van der Waals surface area contributed by atoms with Crippen LogP contribution in [0.25, 0.3) is 10.2 Å². The number of H-pyrrole nitrogens is 1. The maximum Gasteiger partial charge on any atom is 0.259 e. The number of rotatable bonds is 10. The summed E-state index contributed by atoms with van der Waals surface area (Å²) in [6.07, 6.45) is 5.26. The third-order valence-corrected chi connectivity index (χ3v) is 8.46. The Labute approximate surface area is 203 Å². The third kappa shape index (κ3) is 5.79. The average molecular weight is 485 g/mol. The second-order valence-corrected chi connectivity index (χ2v) is 10.8. The number of nitrogens with zero attached hydrogens (tertiary/aromatic N) is 2. The summed E-state index contributed by atoms with van der Waals surface area (Å²) in [5.41, 5.74) is 2.38. The molecular weight excluding hydrogens is 452 g/mol. The number of nitrogens with one attached hydrogen (secondary N) is 2. The number of benzene rings is 1. The van der Waals surface area contributed by atoms with Crippen molar-refractivity contribution < 1.29 is 4.79 Å². The molecule has 6 nitrogen and oxygen atoms in total. The van der Waals surface area contributed by atoms with Crippen molar-refractivity contribution in [3.63, 3.8) is 0 Å². The first-order valence-electron chi connectivity index (χ1n) is 11.8. The highest BCUT2D eigenvalue weighted by Gasteiger charge is 2.20. The lowest BCUT2D eigenvalue weighted by Gasteiger charge is -2.23. The Bertz CT molecular complexity index is 1140. The molecule has 1 aromatic carbocycles. The lowest BCUT2D eigenvalue weighted by molar-refractivity contribution is -0.120. The summed E-state index contributed by atoms with van der Waals surface area (Å²) in [6.45, 7) is 6.54. The number of fused-ring (bicyclic) bond motifs is 3. The van der Waals surface area contributed by atoms with Gasteiger partial charge in [-0.15, -0.1) is 23.1 Å². The van der Waals surface area contributed by atoms with Crippen LogP contribution in [0.15, 0.2) is 35.1 Å². The number of aryl methyl sites for hydroxylation is 2. The molecule has 4 rings (SSSR count). The second kappa shape index (κ2) is 11.2. The van der Waals surface area contributed by atoms with E-state index in [4.69, 9.17) is 4.98 Å². The Morgan fingerprint density at radius 3 is 2.85 bits per heavy atom. The summed E-state index contributed by atoms with van der Waals surface area (Å²) in [4.78, 5) is 37.3. The standard InChI is InChI=1S/C25H32N4O2S2/c1-3-29(18-10-5-4-6-11-18)15-9-14-26-23(30)17(2)32-16-21-27-24(31)22-19-12-7-8-13-20(19)33-25(22)28-21/h4-6,10-11,17H,3,7-9,12-16H2,1-2H3,(H,26,30)(H,27,28,31)/t17-/m0/s1. The van der Waals surface area contributed by atoms with Crippen molar-refractivity contribution in [1.29, 1.82) is 0 Å². The zero-order valence-corrected chi connectivity index (χ0v) is 21.0. The molecule has 0 fully saturated rings. The molecule has 176 valence electrons. The predicted molar refractivity (Wildman–Crippen MR) is 140 cm³/mol. The van der Waals surface area contributed by atoms with Gasteiger partial charge in [-0.2, -0.15) is 0 Å². The van der Waals surface area contributed by atoms with Crippen molar-refractivity contribution in [3.05, 3.63) is 57.0 Å². The Balaban J connectivity index is 1.25. The number of carbonyl (C=O) groups excluding carboxylic acids is 1. The number of thioether (sulfide) groups is 1. The molecule has 1 aliphatic carbocycles. The summed E-state index contributed by atoms with van der Waals surface area (Å²) in [6, 6.07) is 10.3. The van der Waals surface area contributed by atoms with Crippen LogP contribution < -0.4 is 15.8 Å². The molecule has 8 heteroatoms. The third-order valence-electron chi connectivity index (χ3n) is 6.12. The van der Waals surface area contributed by atoms with Crippen LogP contribution in [-0.2, 0) is 23.4 Å². The van der Waals surface area contributed by atoms with E-state index in [-0.39, 0.29) is 16.7 Å². The molecule has 0 radical (unpaired) electrons. The van der Waals surface area contributed by atoms with Gasteiger partial charge in [-0.3, -0.25) is 9.59 Å². The van der Waals surface area contributed by atoms with Crippen LogP contribution in [0, 0.1) is 0 Å². The summed E-state index contributed by atoms with van der Waals surface area (Å²) in [5.74, 6) is 1.19. The lowest BCUT2D eigenvalue weighted by Crippen LogP contribution is -2.34. The van der Waals surface area contributed by atoms with Crippen molar-refractivity contribution in [1.82, 2.24) is 15.3 Å². The van der Waals surface area contributed by atoms with Crippen molar-refractivity contribution >= 4 is 44.9 Å². The van der Waals surface area contributed by atoms with Gasteiger partial charge in [-0.25, -0.2) is 4.98 Å². The Hall–Kier alpha value is -2.32. The van der Waals surface area contributed by atoms with Gasteiger partial charge >= 0.3 is 0 Å². The molecule has 1 amide bonds. The van der Waals surface area contributed by atoms with Crippen molar-refractivity contribution in [2.75, 3.05) is 24.5 Å². The van der Waals surface area contributed by atoms with Crippen LogP contribution >= 0.6 is 23.1 Å². The fourth-order valence-electron chi connectivity index (χ4n) is 4.29. The van der Waals surface area contributed by atoms with E-state index < -0.39 is 0 Å². The molecule has 2 N–H and O–H groups in total. The molecule has 2 heterocycles. The van der Waals surface area contributed by atoms with Gasteiger partial charge in [-0.1, -0.05) is 18.2 Å². The largest absolute Gasteiger partial charge is 0.372 e. The molecule has 1 aliphatic rings. The number of aromatic amines is 1. The van der Waals surface area contributed by atoms with Crippen molar-refractivity contribution in [2.24, 2.45) is 0 Å². The van der Waals surface area contributed by atoms with Gasteiger partial charge in [0.2, 0.25) is 5.91 Å². The van der Waals surface area contributed by atoms with E-state index in [1.165, 1.54) is 34.3 Å². The van der Waals surface area contributed by atoms with E-state index in [9.17, 15) is 9.59 Å². The quantitative estimate of drug-likeness (QED) is 0.414. The van der Waals surface area contributed by atoms with Crippen LogP contribution in [0.1, 0.15) is 49.4 Å². The zero-order chi connectivity index (χ0) is 23.2. The highest BCUT2D eigenvalue weighted by molar-refractivity contribution is 7.99. The van der Waals surface area contributed by atoms with E-state index in [1.807, 2.05) is 25.1 Å². The van der Waals surface area contributed by atoms with E-state index in [2.05, 4.69) is 34.3 Å². The molecular formula is C25H32N4O2S2. The summed E-state index contributed by atoms with van der Waals surface area (Å²) < 4.78 is 0. The first-order valence-corrected chi connectivity index (χ1v) is 13.7. The average Bonchev–Trinajstić information content (AvgIpc) is 3.22. The van der Waals surface area contributed by atoms with E-state index in [0.717, 1.165) is 49.0 Å². The van der Waals surface area contributed by atoms with Crippen LogP contribution in [0.4, 0.5) is 5.69 Å². The van der Waals surface area contributed by atoms with E-state index in [1.54, 1.807) is 11.3 Å². The van der Waals surface area contributed by atoms with Gasteiger partial charge in [0, 0.05) is 30.2 Å². The van der Waals surface area contributed by atoms with Gasteiger partial charge in [0.05, 0.1) is 16.4 Å². The molecule has 0 bridgehead atoms. The van der Waals surface area contributed by atoms with Gasteiger partial charge < -0.3 is 15.2 Å². The zero-order valence-electron chi connectivity index (χ0n) is 19.4. The number of hydrogen-bond acceptors (Lipinski definition) is 6. The number of para-hydroxylation sites is 1. The predicted octanol–water partition coefficient (Wildman–Crippen LogP) is 4.52. The van der Waals surface area contributed by atoms with Crippen LogP contribution in [0.3, 0.4) is 0 Å². The number of amides is 1. The lowest BCUT2D eigenvalue weighted by atomic mass is 9.97. The normalized spacial score (nSPS) is 14.1. The number of anilines is 1. The van der Waals surface area contributed by atoms with Crippen LogP contribution in [0.2, 0.25) is 0 Å². The number of thiophene rings is 1. The molecule has 2 aromatic heterocycles. The first-order chi connectivity index (χ1) is 16.1. The number of aromatic nitrogens is 2. The topological polar surface area (TPSA) is 78.1 Å². The molecule has 0 unspecified atom stereocenters. The van der Waals surface area contributed by atoms with Crippen molar-refractivity contribution in [3.8, 4) is 0 Å². The number of carbonyl (C=O) groups is 1. The minimum Gasteiger partial charge on any atom is -0.372 e. The highest BCUT2D eigenvalue weighted by Crippen LogP contribution is 2.33. The smallest absolute Gasteiger partial charge is 0.259 e. The van der Waals surface area contributed by atoms with Crippen molar-refractivity contribution in [2.45, 2.75) is 57.0 Å². The Kier molecular flexibility index (Phi) is 8.09. The number of hydrogen-bond donors (Lipinski definition) is 2. The Morgan fingerprint density at radius 1 is 1.27 bits per heavy atom. The fraction of sp³-hybridized carbons (Fsp3) is 0.480. The molecule has 0 aliphatic heterocycles. The fourth-order valence-corrected chi connectivity index (χ4v) is 6.35. The maximum absolute atomic E-state index is 12.7. The minimum atomic E-state index is -0.209. The molecule has 1 atom stereocenters. The van der Waals surface area contributed by atoms with Gasteiger partial charge in [-0.05, 0) is 63.6 Å². The summed E-state index contributed by atoms with van der Waals surface area (Å²) in [7, 11) is 0. The van der Waals surface area contributed by atoms with Crippen LogP contribution in [0.5, 0.6) is 0 Å². The SMILES string of the molecule is CCN(CCCNC(=O)[C@H](C)SCc1nc2sc3c(c2c(=O)[nH]1)CCCC3)c1ccccc1. The second-order valence-electron chi connectivity index (χ2n) is 8.42. The highest BCUT2D eigenvalue weighted by atomic mass is 32.2. The van der Waals surface area contributed by atoms with Crippen LogP contribution in [-0.4, -0.2) is 40.8 Å². The molecule has 0 saturated carbocycles. The first kappa shape index (κ1) is 23.8. The van der Waals surface area contributed by atoms with Gasteiger partial charge in [0.15, 0.2) is 0 Å². The summed E-state index contributed by atoms with van der Waals surface area (Å²) in [5, 5.41) is 3.62. The monoisotopic (exact) mass is 484 g/mol. The minimum absolute atomic E-state index is 0.0257. The van der Waals surface area contributed by atoms with E-state index in [0.29, 0.717) is 18.1 Å². The van der Waals surface area contributed by atoms with E-state index >= 15 is 0 Å². The maximum atomic E-state index is 12.7. The molecule has 0 spiro atoms. The van der Waals surface area contributed by atoms with Gasteiger partial charge in [0.25, 0.3) is 5.56 Å². The van der Waals surface area contributed by atoms with Gasteiger partial charge in [0.1, 0.15) is 10.7 Å². The molecule has 33 heavy (non-hydrogen) atoms. The molecule has 3 aromatic rings. The summed E-state index contributed by atoms with van der Waals surface area (Å²) >= 11 is 3.17. The molecule has 0 saturated heterocycles. The Morgan fingerprint density at radius 2 is 2.06 bits per heavy atom.